The van der Waals surface area contributed by atoms with Crippen molar-refractivity contribution in [1.29, 1.82) is 0 Å². The molecule has 3 saturated carbocycles. The van der Waals surface area contributed by atoms with Crippen LogP contribution in [0.4, 0.5) is 10.2 Å². The molecule has 0 spiro atoms. The number of rotatable bonds is 10. The van der Waals surface area contributed by atoms with Gasteiger partial charge in [0.15, 0.2) is 23.1 Å². The lowest BCUT2D eigenvalue weighted by Crippen LogP contribution is -2.52. The number of nitrogens with zero attached hydrogens (tertiary/aromatic N) is 5. The largest absolute Gasteiger partial charge is 0.466 e. The van der Waals surface area contributed by atoms with Crippen LogP contribution in [-0.4, -0.2) is 43.1 Å². The number of halogens is 2. The molecule has 11 heteroatoms. The fourth-order valence-corrected chi connectivity index (χ4v) is 10.1. The fourth-order valence-electron chi connectivity index (χ4n) is 9.12. The van der Waals surface area contributed by atoms with Crippen LogP contribution in [0.3, 0.4) is 0 Å². The minimum atomic E-state index is -0.956. The Hall–Kier alpha value is -5.45. The summed E-state index contributed by atoms with van der Waals surface area (Å²) in [6.07, 6.45) is 7.31. The maximum absolute atomic E-state index is 17.0. The van der Waals surface area contributed by atoms with Crippen molar-refractivity contribution in [2.75, 3.05) is 11.9 Å². The highest BCUT2D eigenvalue weighted by atomic mass is 35.5. The molecule has 56 heavy (non-hydrogen) atoms. The fraction of sp³-hybridized carbons (Fsp3) is 0.267. The van der Waals surface area contributed by atoms with Crippen LogP contribution in [0.1, 0.15) is 54.2 Å². The van der Waals surface area contributed by atoms with E-state index in [1.165, 1.54) is 17.5 Å². The summed E-state index contributed by atoms with van der Waals surface area (Å²) in [6.45, 7) is 4.10. The van der Waals surface area contributed by atoms with Crippen LogP contribution in [-0.2, 0) is 15.1 Å². The van der Waals surface area contributed by atoms with Crippen molar-refractivity contribution in [1.82, 2.24) is 24.5 Å². The highest BCUT2D eigenvalue weighted by Gasteiger charge is 2.48. The van der Waals surface area contributed by atoms with Gasteiger partial charge in [-0.05, 0) is 80.2 Å². The summed E-state index contributed by atoms with van der Waals surface area (Å²) in [5, 5.41) is 3.71. The Morgan fingerprint density at radius 1 is 0.875 bits per heavy atom. The van der Waals surface area contributed by atoms with Gasteiger partial charge in [-0.3, -0.25) is 4.79 Å². The predicted octanol–water partition coefficient (Wildman–Crippen LogP) is 10.3. The van der Waals surface area contributed by atoms with Gasteiger partial charge >= 0.3 is 5.97 Å². The predicted molar refractivity (Wildman–Crippen MR) is 219 cm³/mol. The van der Waals surface area contributed by atoms with Gasteiger partial charge in [0.25, 0.3) is 0 Å². The van der Waals surface area contributed by atoms with Crippen molar-refractivity contribution in [3.63, 3.8) is 0 Å². The zero-order chi connectivity index (χ0) is 38.4. The third-order valence-corrected chi connectivity index (χ3v) is 12.7. The van der Waals surface area contributed by atoms with Gasteiger partial charge in [0.2, 0.25) is 0 Å². The van der Waals surface area contributed by atoms with E-state index in [2.05, 4.69) is 46.3 Å². The number of aromatic nitrogens is 5. The van der Waals surface area contributed by atoms with E-state index in [1.807, 2.05) is 86.8 Å². The van der Waals surface area contributed by atoms with E-state index in [0.717, 1.165) is 47.3 Å². The first-order chi connectivity index (χ1) is 27.4. The Morgan fingerprint density at radius 2 is 1.48 bits per heavy atom. The number of carbonyl (C=O) groups is 1. The average Bonchev–Trinajstić information content (AvgIpc) is 3.84. The van der Waals surface area contributed by atoms with Gasteiger partial charge in [0.1, 0.15) is 21.9 Å². The average molecular weight is 783 g/mol. The normalized spacial score (nSPS) is 19.3. The Morgan fingerprint density at radius 3 is 2.05 bits per heavy atom. The molecule has 0 saturated heterocycles. The van der Waals surface area contributed by atoms with E-state index >= 15 is 4.39 Å². The van der Waals surface area contributed by atoms with Gasteiger partial charge in [0.05, 0.1) is 29.2 Å². The highest BCUT2D eigenvalue weighted by Crippen LogP contribution is 2.48. The molecule has 0 aliphatic heterocycles. The molecule has 4 heterocycles. The molecule has 7 aromatic rings. The molecular weight excluding hydrogens is 743 g/mol. The van der Waals surface area contributed by atoms with E-state index in [0.29, 0.717) is 28.2 Å². The van der Waals surface area contributed by atoms with Gasteiger partial charge in [-0.1, -0.05) is 103 Å². The Kier molecular flexibility index (Phi) is 9.63. The molecule has 2 atom stereocenters. The lowest BCUT2D eigenvalue weighted by Gasteiger charge is -2.47. The molecule has 2 bridgehead atoms. The molecule has 282 valence electrons. The number of fused-ring (bicyclic) bond motifs is 4. The number of hydrogen-bond donors (Lipinski definition) is 1. The maximum Gasteiger partial charge on any atom is 0.311 e. The molecule has 0 unspecified atom stereocenters. The van der Waals surface area contributed by atoms with Crippen LogP contribution in [0.2, 0.25) is 5.15 Å². The third kappa shape index (κ3) is 6.15. The van der Waals surface area contributed by atoms with Crippen molar-refractivity contribution < 1.29 is 13.9 Å². The van der Waals surface area contributed by atoms with Crippen LogP contribution in [0.5, 0.6) is 0 Å². The molecular formula is C45H40ClFN6O2S. The van der Waals surface area contributed by atoms with Gasteiger partial charge < -0.3 is 14.6 Å². The number of carbonyl (C=O) groups excluding carboxylic acids is 1. The van der Waals surface area contributed by atoms with Gasteiger partial charge in [-0.2, -0.15) is 0 Å². The van der Waals surface area contributed by atoms with Gasteiger partial charge in [0, 0.05) is 17.1 Å². The molecule has 0 amide bonds. The molecule has 3 aliphatic rings. The van der Waals surface area contributed by atoms with Gasteiger partial charge in [-0.15, -0.1) is 11.3 Å². The second-order valence-electron chi connectivity index (χ2n) is 14.7. The topological polar surface area (TPSA) is 94.8 Å². The molecule has 1 N–H and O–H groups in total. The first-order valence-electron chi connectivity index (χ1n) is 19.1. The van der Waals surface area contributed by atoms with Crippen molar-refractivity contribution in [3.05, 3.63) is 148 Å². The summed E-state index contributed by atoms with van der Waals surface area (Å²) in [4.78, 5) is 34.9. The van der Waals surface area contributed by atoms with Crippen molar-refractivity contribution in [2.45, 2.75) is 51.1 Å². The first kappa shape index (κ1) is 36.2. The Labute approximate surface area is 333 Å². The lowest BCUT2D eigenvalue weighted by molar-refractivity contribution is -0.154. The standard InChI is InChI=1S/C45H40ClFN6O2S/c1-3-55-44(54)36-28-20-22-29(23-21-28)38(36)50-42-37(47)40(34-24-19-27(2)56-34)51-41(52-42)33-26-53(43-39(33)48-25-35(46)49-43)45(30-13-7-4-8-14-30,31-15-9-5-10-16-31)32-17-11-6-12-18-32/h4-19,24-26,28-29,36,38H,3,20-23H2,1-2H3,(H,50,51,52)/t28?,29?,36-,38-/m1/s1. The molecule has 8 nitrogen and oxygen atoms in total. The van der Waals surface area contributed by atoms with Crippen LogP contribution in [0, 0.1) is 30.5 Å². The number of benzene rings is 3. The molecule has 10 rings (SSSR count). The summed E-state index contributed by atoms with van der Waals surface area (Å²) in [5.41, 5.74) is 3.74. The molecule has 3 fully saturated rings. The zero-order valence-corrected chi connectivity index (χ0v) is 32.6. The zero-order valence-electron chi connectivity index (χ0n) is 31.0. The van der Waals surface area contributed by atoms with Crippen LogP contribution < -0.4 is 5.32 Å². The number of anilines is 1. The van der Waals surface area contributed by atoms with Crippen LogP contribution in [0.15, 0.2) is 116 Å². The SMILES string of the molecule is CCOC(=O)[C@@H]1C2CCC(CC2)[C@H]1Nc1nc(-c2cn(C(c3ccccc3)(c3ccccc3)c3ccccc3)c3nc(Cl)cnc23)nc(-c2ccc(C)s2)c1F. The summed E-state index contributed by atoms with van der Waals surface area (Å²) in [5.74, 6) is -0.537. The molecule has 3 aromatic carbocycles. The van der Waals surface area contributed by atoms with E-state index in [-0.39, 0.29) is 46.3 Å². The number of ether oxygens (including phenoxy) is 1. The number of thiophene rings is 1. The first-order valence-corrected chi connectivity index (χ1v) is 20.3. The van der Waals surface area contributed by atoms with Crippen molar-refractivity contribution in [3.8, 4) is 22.0 Å². The highest BCUT2D eigenvalue weighted by molar-refractivity contribution is 7.15. The van der Waals surface area contributed by atoms with Crippen molar-refractivity contribution in [2.24, 2.45) is 17.8 Å². The minimum Gasteiger partial charge on any atom is -0.466 e. The van der Waals surface area contributed by atoms with Gasteiger partial charge in [-0.25, -0.2) is 24.3 Å². The number of hydrogen-bond acceptors (Lipinski definition) is 8. The molecule has 4 aromatic heterocycles. The van der Waals surface area contributed by atoms with Crippen LogP contribution in [0.25, 0.3) is 33.1 Å². The summed E-state index contributed by atoms with van der Waals surface area (Å²) < 4.78 is 24.7. The molecule has 3 aliphatic carbocycles. The van der Waals surface area contributed by atoms with E-state index in [9.17, 15) is 4.79 Å². The quantitative estimate of drug-likeness (QED) is 0.109. The summed E-state index contributed by atoms with van der Waals surface area (Å²) >= 11 is 8.14. The monoisotopic (exact) mass is 782 g/mol. The second-order valence-corrected chi connectivity index (χ2v) is 16.4. The summed E-state index contributed by atoms with van der Waals surface area (Å²) in [7, 11) is 0. The van der Waals surface area contributed by atoms with Crippen LogP contribution >= 0.6 is 22.9 Å². The second kappa shape index (κ2) is 14.9. The smallest absolute Gasteiger partial charge is 0.311 e. The van der Waals surface area contributed by atoms with Crippen molar-refractivity contribution >= 4 is 45.9 Å². The minimum absolute atomic E-state index is 0.0474. The van der Waals surface area contributed by atoms with E-state index in [1.54, 1.807) is 0 Å². The lowest BCUT2D eigenvalue weighted by atomic mass is 9.61. The van der Waals surface area contributed by atoms with E-state index in [4.69, 9.17) is 36.3 Å². The number of aryl methyl sites for hydroxylation is 1. The maximum atomic E-state index is 17.0. The van der Waals surface area contributed by atoms with E-state index < -0.39 is 17.3 Å². The number of esters is 1. The molecule has 0 radical (unpaired) electrons. The number of nitrogens with one attached hydrogen (secondary N) is 1. The summed E-state index contributed by atoms with van der Waals surface area (Å²) in [6, 6.07) is 34.3. The Bertz CT molecular complexity index is 2420. The Balaban J connectivity index is 1.30. The third-order valence-electron chi connectivity index (χ3n) is 11.5.